The first kappa shape index (κ1) is 22.2. The highest BCUT2D eigenvalue weighted by Crippen LogP contribution is 2.21. The number of fused-ring (bicyclic) bond motifs is 1. The van der Waals surface area contributed by atoms with Gasteiger partial charge in [-0.3, -0.25) is 9.78 Å². The van der Waals surface area contributed by atoms with Crippen molar-refractivity contribution in [2.45, 2.75) is 6.54 Å². The number of carbonyl (C=O) groups excluding carboxylic acids is 1. The molecule has 1 amide bonds. The number of carbonyl (C=O) groups is 1. The number of rotatable bonds is 8. The highest BCUT2D eigenvalue weighted by atomic mass is 16.1. The van der Waals surface area contributed by atoms with Crippen LogP contribution in [0.2, 0.25) is 0 Å². The fraction of sp³-hybridized carbons (Fsp3) is 0.200. The molecule has 33 heavy (non-hydrogen) atoms. The minimum Gasteiger partial charge on any atom is -0.365 e. The Morgan fingerprint density at radius 2 is 1.70 bits per heavy atom. The van der Waals surface area contributed by atoms with Crippen LogP contribution in [0.4, 0.5) is 5.82 Å². The van der Waals surface area contributed by atoms with Gasteiger partial charge in [-0.15, -0.1) is 0 Å². The van der Waals surface area contributed by atoms with E-state index in [1.165, 1.54) is 0 Å². The van der Waals surface area contributed by atoms with Crippen molar-refractivity contribution < 1.29 is 4.79 Å². The van der Waals surface area contributed by atoms with Gasteiger partial charge >= 0.3 is 5.69 Å². The Morgan fingerprint density at radius 1 is 1.00 bits per heavy atom. The lowest BCUT2D eigenvalue weighted by molar-refractivity contribution is 0.0951. The molecule has 8 heteroatoms. The van der Waals surface area contributed by atoms with Crippen LogP contribution in [-0.2, 0) is 6.54 Å². The molecule has 0 unspecified atom stereocenters. The number of pyridine rings is 1. The minimum absolute atomic E-state index is 0.0686. The Bertz CT molecular complexity index is 1300. The second kappa shape index (κ2) is 10.1. The van der Waals surface area contributed by atoms with Gasteiger partial charge in [-0.2, -0.15) is 4.98 Å². The zero-order valence-corrected chi connectivity index (χ0v) is 18.6. The van der Waals surface area contributed by atoms with Crippen molar-refractivity contribution >= 4 is 22.8 Å². The molecule has 8 nitrogen and oxygen atoms in total. The predicted octanol–water partition coefficient (Wildman–Crippen LogP) is 2.89. The fourth-order valence-electron chi connectivity index (χ4n) is 3.43. The van der Waals surface area contributed by atoms with Gasteiger partial charge in [0.2, 0.25) is 0 Å². The molecule has 0 saturated heterocycles. The van der Waals surface area contributed by atoms with Gasteiger partial charge < -0.3 is 15.5 Å². The third-order valence-electron chi connectivity index (χ3n) is 5.24. The number of likely N-dealkylation sites (N-methyl/N-ethyl adjacent to an activating group) is 1. The summed E-state index contributed by atoms with van der Waals surface area (Å²) in [7, 11) is 3.95. The lowest BCUT2D eigenvalue weighted by atomic mass is 10.0. The Morgan fingerprint density at radius 3 is 2.39 bits per heavy atom. The molecule has 0 atom stereocenters. The zero-order chi connectivity index (χ0) is 23.2. The van der Waals surface area contributed by atoms with Crippen LogP contribution in [0.3, 0.4) is 0 Å². The van der Waals surface area contributed by atoms with E-state index in [-0.39, 0.29) is 5.91 Å². The SMILES string of the molecule is CN(C)CCNC(=O)c1ccc(-c2ccc(CNc3nc(=O)[nH]c4ncccc34)cc2)cc1. The maximum absolute atomic E-state index is 12.2. The molecule has 168 valence electrons. The van der Waals surface area contributed by atoms with E-state index >= 15 is 0 Å². The monoisotopic (exact) mass is 442 g/mol. The number of hydrogen-bond acceptors (Lipinski definition) is 6. The summed E-state index contributed by atoms with van der Waals surface area (Å²) in [5.41, 5.74) is 3.86. The summed E-state index contributed by atoms with van der Waals surface area (Å²) in [6.07, 6.45) is 1.63. The Kier molecular flexibility index (Phi) is 6.75. The maximum Gasteiger partial charge on any atom is 0.348 e. The Labute approximate surface area is 191 Å². The fourth-order valence-corrected chi connectivity index (χ4v) is 3.43. The number of aromatic amines is 1. The van der Waals surface area contributed by atoms with Crippen LogP contribution in [0.15, 0.2) is 71.7 Å². The molecule has 0 radical (unpaired) electrons. The minimum atomic E-state index is -0.436. The number of nitrogens with zero attached hydrogens (tertiary/aromatic N) is 3. The van der Waals surface area contributed by atoms with E-state index in [0.29, 0.717) is 30.1 Å². The van der Waals surface area contributed by atoms with Crippen LogP contribution in [0, 0.1) is 0 Å². The highest BCUT2D eigenvalue weighted by molar-refractivity contribution is 5.94. The summed E-state index contributed by atoms with van der Waals surface area (Å²) >= 11 is 0. The summed E-state index contributed by atoms with van der Waals surface area (Å²) < 4.78 is 0. The summed E-state index contributed by atoms with van der Waals surface area (Å²) in [6.45, 7) is 1.93. The van der Waals surface area contributed by atoms with E-state index < -0.39 is 5.69 Å². The summed E-state index contributed by atoms with van der Waals surface area (Å²) in [5, 5.41) is 6.91. The average molecular weight is 443 g/mol. The lowest BCUT2D eigenvalue weighted by Crippen LogP contribution is -2.31. The van der Waals surface area contributed by atoms with E-state index in [0.717, 1.165) is 28.6 Å². The average Bonchev–Trinajstić information content (AvgIpc) is 2.82. The number of aromatic nitrogens is 3. The van der Waals surface area contributed by atoms with Gasteiger partial charge in [0, 0.05) is 31.4 Å². The van der Waals surface area contributed by atoms with Gasteiger partial charge in [-0.25, -0.2) is 9.78 Å². The molecule has 0 aliphatic carbocycles. The van der Waals surface area contributed by atoms with Crippen molar-refractivity contribution in [1.29, 1.82) is 0 Å². The molecule has 0 saturated carbocycles. The van der Waals surface area contributed by atoms with Crippen molar-refractivity contribution in [2.75, 3.05) is 32.5 Å². The van der Waals surface area contributed by atoms with Crippen molar-refractivity contribution in [1.82, 2.24) is 25.2 Å². The van der Waals surface area contributed by atoms with Crippen molar-refractivity contribution in [3.63, 3.8) is 0 Å². The molecular formula is C25H26N6O2. The van der Waals surface area contributed by atoms with Crippen LogP contribution in [0.1, 0.15) is 15.9 Å². The number of hydrogen-bond donors (Lipinski definition) is 3. The van der Waals surface area contributed by atoms with Gasteiger partial charge in [0.25, 0.3) is 5.91 Å². The number of amides is 1. The van der Waals surface area contributed by atoms with Gasteiger partial charge in [0.15, 0.2) is 0 Å². The third-order valence-corrected chi connectivity index (χ3v) is 5.24. The number of nitrogens with one attached hydrogen (secondary N) is 3. The summed E-state index contributed by atoms with van der Waals surface area (Å²) in [5.74, 6) is 0.436. The molecule has 4 aromatic rings. The van der Waals surface area contributed by atoms with Crippen molar-refractivity contribution in [2.24, 2.45) is 0 Å². The maximum atomic E-state index is 12.2. The summed E-state index contributed by atoms with van der Waals surface area (Å²) in [4.78, 5) is 36.9. The second-order valence-electron chi connectivity index (χ2n) is 7.98. The Balaban J connectivity index is 1.40. The molecule has 0 aliphatic rings. The zero-order valence-electron chi connectivity index (χ0n) is 18.6. The first-order valence-electron chi connectivity index (χ1n) is 10.7. The molecule has 3 N–H and O–H groups in total. The van der Waals surface area contributed by atoms with E-state index in [1.54, 1.807) is 12.3 Å². The quantitative estimate of drug-likeness (QED) is 0.388. The smallest absolute Gasteiger partial charge is 0.348 e. The van der Waals surface area contributed by atoms with E-state index in [9.17, 15) is 9.59 Å². The van der Waals surface area contributed by atoms with Gasteiger partial charge in [-0.1, -0.05) is 36.4 Å². The van der Waals surface area contributed by atoms with E-state index in [4.69, 9.17) is 0 Å². The van der Waals surface area contributed by atoms with E-state index in [1.807, 2.05) is 73.6 Å². The van der Waals surface area contributed by atoms with Gasteiger partial charge in [0.1, 0.15) is 11.5 Å². The number of anilines is 1. The van der Waals surface area contributed by atoms with Gasteiger partial charge in [0.05, 0.1) is 5.39 Å². The molecule has 2 aromatic carbocycles. The van der Waals surface area contributed by atoms with Crippen LogP contribution in [0.25, 0.3) is 22.2 Å². The summed E-state index contributed by atoms with van der Waals surface area (Å²) in [6, 6.07) is 19.4. The first-order chi connectivity index (χ1) is 16.0. The molecule has 4 rings (SSSR count). The topological polar surface area (TPSA) is 103 Å². The lowest BCUT2D eigenvalue weighted by Gasteiger charge is -2.11. The van der Waals surface area contributed by atoms with E-state index in [2.05, 4.69) is 25.6 Å². The van der Waals surface area contributed by atoms with Crippen LogP contribution in [0.5, 0.6) is 0 Å². The predicted molar refractivity (Wildman–Crippen MR) is 130 cm³/mol. The largest absolute Gasteiger partial charge is 0.365 e. The Hall–Kier alpha value is -4.04. The van der Waals surface area contributed by atoms with Crippen molar-refractivity contribution in [3.8, 4) is 11.1 Å². The molecule has 0 aliphatic heterocycles. The highest BCUT2D eigenvalue weighted by Gasteiger charge is 2.07. The third kappa shape index (κ3) is 5.61. The van der Waals surface area contributed by atoms with Crippen LogP contribution < -0.4 is 16.3 Å². The molecular weight excluding hydrogens is 416 g/mol. The van der Waals surface area contributed by atoms with Gasteiger partial charge in [-0.05, 0) is 55.1 Å². The molecule has 0 bridgehead atoms. The standard InChI is InChI=1S/C25H26N6O2/c1-31(2)15-14-27-24(32)20-11-9-19(10-12-20)18-7-5-17(6-8-18)16-28-23-21-4-3-13-26-22(21)29-25(33)30-23/h3-13H,14-16H2,1-2H3,(H,27,32)(H2,26,28,29,30,33). The molecule has 0 spiro atoms. The number of benzene rings is 2. The molecule has 2 heterocycles. The van der Waals surface area contributed by atoms with Crippen LogP contribution >= 0.6 is 0 Å². The van der Waals surface area contributed by atoms with Crippen LogP contribution in [-0.4, -0.2) is 52.9 Å². The molecule has 0 fully saturated rings. The number of H-pyrrole nitrogens is 1. The first-order valence-corrected chi connectivity index (χ1v) is 10.7. The normalized spacial score (nSPS) is 11.0. The van der Waals surface area contributed by atoms with Crippen molar-refractivity contribution in [3.05, 3.63) is 88.5 Å². The molecule has 2 aromatic heterocycles. The second-order valence-corrected chi connectivity index (χ2v) is 7.98.